The van der Waals surface area contributed by atoms with Crippen LogP contribution in [0, 0.1) is 0 Å². The van der Waals surface area contributed by atoms with Gasteiger partial charge in [0.05, 0.1) is 10.6 Å². The van der Waals surface area contributed by atoms with Crippen molar-refractivity contribution in [1.29, 1.82) is 0 Å². The summed E-state index contributed by atoms with van der Waals surface area (Å²) in [6.07, 6.45) is 0. The third-order valence-electron chi connectivity index (χ3n) is 5.36. The van der Waals surface area contributed by atoms with Crippen molar-refractivity contribution in [2.45, 2.75) is 17.4 Å². The van der Waals surface area contributed by atoms with Crippen molar-refractivity contribution in [2.75, 3.05) is 12.3 Å². The van der Waals surface area contributed by atoms with Gasteiger partial charge in [0.15, 0.2) is 9.84 Å². The molecule has 0 spiro atoms. The Balaban J connectivity index is 1.60. The van der Waals surface area contributed by atoms with E-state index < -0.39 is 27.3 Å². The second-order valence-corrected chi connectivity index (χ2v) is 9.86. The Kier molecular flexibility index (Phi) is 5.03. The molecular weight excluding hydrogens is 424 g/mol. The van der Waals surface area contributed by atoms with Crippen LogP contribution in [0.25, 0.3) is 10.8 Å². The molecule has 0 radical (unpaired) electrons. The summed E-state index contributed by atoms with van der Waals surface area (Å²) in [7, 11) is -3.68. The van der Waals surface area contributed by atoms with Crippen LogP contribution in [0.3, 0.4) is 0 Å². The van der Waals surface area contributed by atoms with E-state index in [2.05, 4.69) is 5.32 Å². The average Bonchev–Trinajstić information content (AvgIpc) is 2.95. The quantitative estimate of drug-likeness (QED) is 0.610. The SMILES string of the molecule is CC1(c2cccc3ccccc23)NC(=O)N(CCS(=O)(=O)c2ccc(Cl)cc2)C1=O. The first-order valence-corrected chi connectivity index (χ1v) is 11.4. The second kappa shape index (κ2) is 7.41. The number of benzene rings is 3. The molecule has 4 rings (SSSR count). The molecule has 6 nitrogen and oxygen atoms in total. The molecule has 3 aromatic carbocycles. The summed E-state index contributed by atoms with van der Waals surface area (Å²) in [6, 6.07) is 18.3. The zero-order valence-electron chi connectivity index (χ0n) is 16.1. The molecule has 0 bridgehead atoms. The van der Waals surface area contributed by atoms with Crippen LogP contribution in [0.15, 0.2) is 71.6 Å². The van der Waals surface area contributed by atoms with E-state index in [0.717, 1.165) is 15.7 Å². The number of urea groups is 1. The van der Waals surface area contributed by atoms with Gasteiger partial charge in [0.1, 0.15) is 5.54 Å². The standard InChI is InChI=1S/C22H19ClN2O4S/c1-22(19-8-4-6-15-5-2-3-7-18(15)19)20(26)25(21(27)24-22)13-14-30(28,29)17-11-9-16(23)10-12-17/h2-12H,13-14H2,1H3,(H,24,27). The fourth-order valence-corrected chi connectivity index (χ4v) is 5.05. The molecule has 1 aliphatic heterocycles. The Morgan fingerprint density at radius 1 is 0.967 bits per heavy atom. The van der Waals surface area contributed by atoms with Crippen LogP contribution in [-0.4, -0.2) is 37.6 Å². The lowest BCUT2D eigenvalue weighted by Crippen LogP contribution is -2.41. The maximum absolute atomic E-state index is 13.2. The summed E-state index contributed by atoms with van der Waals surface area (Å²) < 4.78 is 25.2. The van der Waals surface area contributed by atoms with Crippen molar-refractivity contribution in [3.63, 3.8) is 0 Å². The summed E-state index contributed by atoms with van der Waals surface area (Å²) in [5.41, 5.74) is -0.607. The zero-order chi connectivity index (χ0) is 21.5. The lowest BCUT2D eigenvalue weighted by atomic mass is 9.88. The molecule has 30 heavy (non-hydrogen) atoms. The number of amides is 3. The van der Waals surface area contributed by atoms with Crippen molar-refractivity contribution in [1.82, 2.24) is 10.2 Å². The Morgan fingerprint density at radius 2 is 1.63 bits per heavy atom. The van der Waals surface area contributed by atoms with Crippen molar-refractivity contribution in [2.24, 2.45) is 0 Å². The normalized spacial score (nSPS) is 19.3. The molecule has 0 saturated carbocycles. The fourth-order valence-electron chi connectivity index (χ4n) is 3.72. The molecular formula is C22H19ClN2O4S. The smallest absolute Gasteiger partial charge is 0.319 e. The summed E-state index contributed by atoms with van der Waals surface area (Å²) in [6.45, 7) is 1.40. The molecule has 1 fully saturated rings. The number of hydrogen-bond donors (Lipinski definition) is 1. The predicted molar refractivity (Wildman–Crippen MR) is 115 cm³/mol. The number of carbonyl (C=O) groups is 2. The van der Waals surface area contributed by atoms with Gasteiger partial charge in [0.2, 0.25) is 0 Å². The van der Waals surface area contributed by atoms with Gasteiger partial charge >= 0.3 is 6.03 Å². The first-order valence-electron chi connectivity index (χ1n) is 9.33. The van der Waals surface area contributed by atoms with Gasteiger partial charge in [-0.05, 0) is 47.5 Å². The second-order valence-electron chi connectivity index (χ2n) is 7.31. The maximum Gasteiger partial charge on any atom is 0.325 e. The lowest BCUT2D eigenvalue weighted by molar-refractivity contribution is -0.130. The Hall–Kier alpha value is -2.90. The topological polar surface area (TPSA) is 83.6 Å². The summed E-state index contributed by atoms with van der Waals surface area (Å²) in [5.74, 6) is -0.852. The molecule has 1 aliphatic rings. The summed E-state index contributed by atoms with van der Waals surface area (Å²) >= 11 is 5.81. The minimum absolute atomic E-state index is 0.0933. The molecule has 1 atom stereocenters. The van der Waals surface area contributed by atoms with Gasteiger partial charge in [-0.25, -0.2) is 13.2 Å². The third-order valence-corrected chi connectivity index (χ3v) is 7.32. The third kappa shape index (κ3) is 3.44. The van der Waals surface area contributed by atoms with Crippen LogP contribution in [-0.2, 0) is 20.2 Å². The molecule has 3 amide bonds. The van der Waals surface area contributed by atoms with Crippen LogP contribution in [0.5, 0.6) is 0 Å². The van der Waals surface area contributed by atoms with Gasteiger partial charge in [-0.1, -0.05) is 54.1 Å². The van der Waals surface area contributed by atoms with E-state index >= 15 is 0 Å². The molecule has 1 N–H and O–H groups in total. The number of imide groups is 1. The molecule has 1 unspecified atom stereocenters. The van der Waals surface area contributed by atoms with Crippen LogP contribution >= 0.6 is 11.6 Å². The molecule has 1 saturated heterocycles. The number of rotatable bonds is 5. The van der Waals surface area contributed by atoms with Gasteiger partial charge in [0.25, 0.3) is 5.91 Å². The Bertz CT molecular complexity index is 1250. The van der Waals surface area contributed by atoms with Crippen LogP contribution in [0.4, 0.5) is 4.79 Å². The number of nitrogens with one attached hydrogen (secondary N) is 1. The van der Waals surface area contributed by atoms with Crippen molar-refractivity contribution in [3.8, 4) is 0 Å². The highest BCUT2D eigenvalue weighted by atomic mass is 35.5. The van der Waals surface area contributed by atoms with E-state index in [1.807, 2.05) is 36.4 Å². The van der Waals surface area contributed by atoms with Gasteiger partial charge < -0.3 is 5.32 Å². The van der Waals surface area contributed by atoms with Crippen LogP contribution in [0.1, 0.15) is 12.5 Å². The number of fused-ring (bicyclic) bond motifs is 1. The van der Waals surface area contributed by atoms with E-state index in [0.29, 0.717) is 10.6 Å². The van der Waals surface area contributed by atoms with Crippen molar-refractivity contribution < 1.29 is 18.0 Å². The highest BCUT2D eigenvalue weighted by Gasteiger charge is 2.49. The lowest BCUT2D eigenvalue weighted by Gasteiger charge is -2.24. The van der Waals surface area contributed by atoms with Crippen molar-refractivity contribution >= 4 is 44.1 Å². The van der Waals surface area contributed by atoms with E-state index in [-0.39, 0.29) is 17.2 Å². The van der Waals surface area contributed by atoms with E-state index in [9.17, 15) is 18.0 Å². The van der Waals surface area contributed by atoms with Crippen molar-refractivity contribution in [3.05, 3.63) is 77.3 Å². The van der Waals surface area contributed by atoms with Gasteiger partial charge in [-0.3, -0.25) is 9.69 Å². The number of carbonyl (C=O) groups excluding carboxylic acids is 2. The average molecular weight is 443 g/mol. The number of sulfone groups is 1. The fraction of sp³-hybridized carbons (Fsp3) is 0.182. The first kappa shape index (κ1) is 20.4. The number of nitrogens with zero attached hydrogens (tertiary/aromatic N) is 1. The summed E-state index contributed by atoms with van der Waals surface area (Å²) in [5, 5.41) is 4.97. The van der Waals surface area contributed by atoms with Gasteiger partial charge in [0, 0.05) is 11.6 Å². The van der Waals surface area contributed by atoms with Gasteiger partial charge in [-0.15, -0.1) is 0 Å². The largest absolute Gasteiger partial charge is 0.325 e. The number of halogens is 1. The van der Waals surface area contributed by atoms with Crippen LogP contribution in [0.2, 0.25) is 5.02 Å². The minimum Gasteiger partial charge on any atom is -0.319 e. The maximum atomic E-state index is 13.2. The molecule has 0 aliphatic carbocycles. The van der Waals surface area contributed by atoms with E-state index in [4.69, 9.17) is 11.6 Å². The monoisotopic (exact) mass is 442 g/mol. The first-order chi connectivity index (χ1) is 14.2. The Morgan fingerprint density at radius 3 is 2.37 bits per heavy atom. The predicted octanol–water partition coefficient (Wildman–Crippen LogP) is 3.73. The highest BCUT2D eigenvalue weighted by molar-refractivity contribution is 7.91. The highest BCUT2D eigenvalue weighted by Crippen LogP contribution is 2.33. The van der Waals surface area contributed by atoms with E-state index in [1.54, 1.807) is 13.0 Å². The van der Waals surface area contributed by atoms with E-state index in [1.165, 1.54) is 24.3 Å². The molecule has 3 aromatic rings. The molecule has 8 heteroatoms. The number of hydrogen-bond acceptors (Lipinski definition) is 4. The molecule has 1 heterocycles. The Labute approximate surface area is 179 Å². The van der Waals surface area contributed by atoms with Crippen LogP contribution < -0.4 is 5.32 Å². The molecule has 154 valence electrons. The minimum atomic E-state index is -3.68. The zero-order valence-corrected chi connectivity index (χ0v) is 17.7. The summed E-state index contributed by atoms with van der Waals surface area (Å²) in [4.78, 5) is 26.9. The van der Waals surface area contributed by atoms with Gasteiger partial charge in [-0.2, -0.15) is 0 Å². The molecule has 0 aromatic heterocycles.